The molecule has 5 N–H and O–H groups in total. The van der Waals surface area contributed by atoms with Crippen molar-refractivity contribution in [2.45, 2.75) is 44.4 Å². The van der Waals surface area contributed by atoms with Gasteiger partial charge in [0.25, 0.3) is 5.91 Å². The lowest BCUT2D eigenvalue weighted by Gasteiger charge is -2.48. The van der Waals surface area contributed by atoms with Crippen LogP contribution in [0.15, 0.2) is 4.99 Å². The van der Waals surface area contributed by atoms with Gasteiger partial charge in [0.1, 0.15) is 5.54 Å². The molecule has 0 bridgehead atoms. The highest BCUT2D eigenvalue weighted by atomic mass is 16.3. The van der Waals surface area contributed by atoms with Crippen LogP contribution < -0.4 is 11.1 Å². The van der Waals surface area contributed by atoms with Crippen molar-refractivity contribution >= 4 is 11.9 Å². The minimum Gasteiger partial charge on any atom is -0.390 e. The molecular formula is C11H19N3O3. The van der Waals surface area contributed by atoms with E-state index in [-0.39, 0.29) is 11.9 Å². The van der Waals surface area contributed by atoms with Gasteiger partial charge in [-0.2, -0.15) is 0 Å². The van der Waals surface area contributed by atoms with Gasteiger partial charge in [-0.3, -0.25) is 10.1 Å². The fourth-order valence-corrected chi connectivity index (χ4v) is 3.13. The summed E-state index contributed by atoms with van der Waals surface area (Å²) in [6, 6.07) is 0. The zero-order valence-corrected chi connectivity index (χ0v) is 10.1. The minimum absolute atomic E-state index is 0.0271. The van der Waals surface area contributed by atoms with Crippen molar-refractivity contribution < 1.29 is 15.0 Å². The average molecular weight is 241 g/mol. The van der Waals surface area contributed by atoms with Gasteiger partial charge < -0.3 is 15.9 Å². The molecule has 6 nitrogen and oxygen atoms in total. The number of carbonyl (C=O) groups excluding carboxylic acids is 1. The summed E-state index contributed by atoms with van der Waals surface area (Å²) < 4.78 is 0. The molecule has 0 aromatic heterocycles. The number of aliphatic hydroxyl groups excluding tert-OH is 2. The van der Waals surface area contributed by atoms with Gasteiger partial charge in [-0.1, -0.05) is 13.8 Å². The summed E-state index contributed by atoms with van der Waals surface area (Å²) in [5, 5.41) is 22.6. The first kappa shape index (κ1) is 12.3. The number of guanidine groups is 1. The molecular weight excluding hydrogens is 222 g/mol. The highest BCUT2D eigenvalue weighted by molar-refractivity contribution is 6.01. The molecule has 2 aliphatic rings. The number of hydrogen-bond donors (Lipinski definition) is 4. The number of aliphatic hydroxyl groups is 2. The summed E-state index contributed by atoms with van der Waals surface area (Å²) in [5.74, 6) is -0.362. The second-order valence-corrected chi connectivity index (χ2v) is 5.27. The molecule has 0 saturated heterocycles. The lowest BCUT2D eigenvalue weighted by molar-refractivity contribution is -0.143. The standard InChI is InChI=1S/C11H19N3O3/c1-5-3-6(2)11(7(15)4-5)8(16)9(17)13-10(12)14-11/h5-8,15-16H,3-4H2,1-2H3,(H3,12,13,14,17)/t5-,6+,7-,8-,11?/m1/s1. The van der Waals surface area contributed by atoms with E-state index < -0.39 is 23.7 Å². The Morgan fingerprint density at radius 2 is 2.06 bits per heavy atom. The van der Waals surface area contributed by atoms with Gasteiger partial charge in [-0.25, -0.2) is 4.99 Å². The summed E-state index contributed by atoms with van der Waals surface area (Å²) in [4.78, 5) is 15.8. The maximum atomic E-state index is 11.6. The molecule has 1 aliphatic carbocycles. The largest absolute Gasteiger partial charge is 0.390 e. The van der Waals surface area contributed by atoms with Gasteiger partial charge in [-0.15, -0.1) is 0 Å². The molecule has 1 unspecified atom stereocenters. The van der Waals surface area contributed by atoms with Crippen LogP contribution in [0.1, 0.15) is 26.7 Å². The molecule has 1 amide bonds. The average Bonchev–Trinajstić information content (AvgIpc) is 2.20. The molecule has 5 atom stereocenters. The van der Waals surface area contributed by atoms with Gasteiger partial charge in [0.2, 0.25) is 0 Å². The van der Waals surface area contributed by atoms with Crippen molar-refractivity contribution in [3.8, 4) is 0 Å². The molecule has 96 valence electrons. The van der Waals surface area contributed by atoms with Crippen LogP contribution in [0, 0.1) is 11.8 Å². The molecule has 0 aromatic carbocycles. The topological polar surface area (TPSA) is 108 Å². The minimum atomic E-state index is -1.34. The number of nitrogens with one attached hydrogen (secondary N) is 1. The van der Waals surface area contributed by atoms with E-state index in [0.29, 0.717) is 12.3 Å². The smallest absolute Gasteiger partial charge is 0.258 e. The van der Waals surface area contributed by atoms with Gasteiger partial charge in [0.05, 0.1) is 6.10 Å². The van der Waals surface area contributed by atoms with Crippen molar-refractivity contribution in [2.24, 2.45) is 22.6 Å². The Morgan fingerprint density at radius 1 is 1.41 bits per heavy atom. The monoisotopic (exact) mass is 241 g/mol. The zero-order valence-electron chi connectivity index (χ0n) is 10.1. The lowest BCUT2D eigenvalue weighted by atomic mass is 9.65. The first-order chi connectivity index (χ1) is 7.87. The number of amides is 1. The predicted molar refractivity (Wildman–Crippen MR) is 62.1 cm³/mol. The van der Waals surface area contributed by atoms with Crippen molar-refractivity contribution in [1.82, 2.24) is 5.32 Å². The quantitative estimate of drug-likeness (QED) is 0.434. The number of aliphatic imine (C=N–C) groups is 1. The van der Waals surface area contributed by atoms with Crippen LogP contribution in [-0.4, -0.2) is 39.8 Å². The Kier molecular flexibility index (Phi) is 2.87. The fourth-order valence-electron chi connectivity index (χ4n) is 3.13. The van der Waals surface area contributed by atoms with Crippen LogP contribution >= 0.6 is 0 Å². The normalized spacial score (nSPS) is 46.6. The number of nitrogens with two attached hydrogens (primary N) is 1. The Labute approximate surface area is 99.9 Å². The van der Waals surface area contributed by atoms with Gasteiger partial charge in [0.15, 0.2) is 12.1 Å². The summed E-state index contributed by atoms with van der Waals surface area (Å²) in [5.41, 5.74) is 4.37. The number of rotatable bonds is 0. The molecule has 0 radical (unpaired) electrons. The third-order valence-corrected chi connectivity index (χ3v) is 3.96. The second kappa shape index (κ2) is 3.96. The molecule has 2 rings (SSSR count). The van der Waals surface area contributed by atoms with Crippen LogP contribution in [0.5, 0.6) is 0 Å². The van der Waals surface area contributed by atoms with Crippen molar-refractivity contribution in [3.05, 3.63) is 0 Å². The van der Waals surface area contributed by atoms with E-state index in [0.717, 1.165) is 6.42 Å². The van der Waals surface area contributed by atoms with Gasteiger partial charge in [-0.05, 0) is 24.7 Å². The highest BCUT2D eigenvalue weighted by Crippen LogP contribution is 2.43. The third-order valence-electron chi connectivity index (χ3n) is 3.96. The number of hydrogen-bond acceptors (Lipinski definition) is 5. The molecule has 1 spiro atoms. The van der Waals surface area contributed by atoms with E-state index in [1.54, 1.807) is 0 Å². The van der Waals surface area contributed by atoms with Crippen LogP contribution in [-0.2, 0) is 4.79 Å². The van der Waals surface area contributed by atoms with Crippen molar-refractivity contribution in [3.63, 3.8) is 0 Å². The van der Waals surface area contributed by atoms with Crippen molar-refractivity contribution in [2.75, 3.05) is 0 Å². The SMILES string of the molecule is C[C@H]1C[C@@H](O)C2(N=C(N)NC(=O)[C@H]2O)[C@@H](C)C1. The summed E-state index contributed by atoms with van der Waals surface area (Å²) in [6.45, 7) is 3.92. The number of nitrogens with zero attached hydrogens (tertiary/aromatic N) is 1. The van der Waals surface area contributed by atoms with E-state index in [2.05, 4.69) is 10.3 Å². The van der Waals surface area contributed by atoms with Crippen LogP contribution in [0.25, 0.3) is 0 Å². The lowest BCUT2D eigenvalue weighted by Crippen LogP contribution is -2.67. The highest BCUT2D eigenvalue weighted by Gasteiger charge is 2.56. The molecule has 6 heteroatoms. The molecule has 1 heterocycles. The Morgan fingerprint density at radius 3 is 2.65 bits per heavy atom. The fraction of sp³-hybridized carbons (Fsp3) is 0.818. The van der Waals surface area contributed by atoms with Crippen molar-refractivity contribution in [1.29, 1.82) is 0 Å². The predicted octanol–water partition coefficient (Wildman–Crippen LogP) is -1.04. The third kappa shape index (κ3) is 1.71. The zero-order chi connectivity index (χ0) is 12.8. The van der Waals surface area contributed by atoms with Crippen LogP contribution in [0.3, 0.4) is 0 Å². The molecule has 1 saturated carbocycles. The maximum Gasteiger partial charge on any atom is 0.258 e. The maximum absolute atomic E-state index is 11.6. The summed E-state index contributed by atoms with van der Waals surface area (Å²) >= 11 is 0. The van der Waals surface area contributed by atoms with E-state index in [1.807, 2.05) is 13.8 Å². The Bertz CT molecular complexity index is 357. The summed E-state index contributed by atoms with van der Waals surface area (Å²) in [7, 11) is 0. The Hall–Kier alpha value is -1.14. The number of carbonyl (C=O) groups is 1. The van der Waals surface area contributed by atoms with Gasteiger partial charge in [0, 0.05) is 0 Å². The summed E-state index contributed by atoms with van der Waals surface area (Å²) in [6.07, 6.45) is -0.864. The first-order valence-electron chi connectivity index (χ1n) is 5.90. The Balaban J connectivity index is 2.44. The molecule has 17 heavy (non-hydrogen) atoms. The van der Waals surface area contributed by atoms with Gasteiger partial charge >= 0.3 is 0 Å². The van der Waals surface area contributed by atoms with E-state index >= 15 is 0 Å². The molecule has 0 aromatic rings. The van der Waals surface area contributed by atoms with Crippen LogP contribution in [0.4, 0.5) is 0 Å². The second-order valence-electron chi connectivity index (χ2n) is 5.27. The van der Waals surface area contributed by atoms with Crippen LogP contribution in [0.2, 0.25) is 0 Å². The van der Waals surface area contributed by atoms with E-state index in [9.17, 15) is 15.0 Å². The van der Waals surface area contributed by atoms with E-state index in [1.165, 1.54) is 0 Å². The molecule has 1 fully saturated rings. The first-order valence-corrected chi connectivity index (χ1v) is 5.90. The molecule has 1 aliphatic heterocycles. The van der Waals surface area contributed by atoms with E-state index in [4.69, 9.17) is 5.73 Å².